The fourth-order valence-electron chi connectivity index (χ4n) is 1.88. The number of hydrogen-bond donors (Lipinski definition) is 2. The van der Waals surface area contributed by atoms with E-state index in [0.29, 0.717) is 11.0 Å². The third-order valence-electron chi connectivity index (χ3n) is 3.00. The van der Waals surface area contributed by atoms with Gasteiger partial charge in [-0.15, -0.1) is 0 Å². The second-order valence-corrected chi connectivity index (χ2v) is 8.14. The SMILES string of the molecule is CCS(=O)(=O)C[C@@H](C)NC(=O)Nc1nc(-c2ccccc2)ns1. The van der Waals surface area contributed by atoms with Gasteiger partial charge in [0, 0.05) is 28.9 Å². The van der Waals surface area contributed by atoms with Crippen molar-refractivity contribution in [3.63, 3.8) is 0 Å². The molecule has 2 aromatic rings. The molecule has 2 rings (SSSR count). The number of hydrogen-bond acceptors (Lipinski definition) is 6. The Morgan fingerprint density at radius 3 is 2.65 bits per heavy atom. The maximum absolute atomic E-state index is 11.9. The van der Waals surface area contributed by atoms with E-state index in [1.54, 1.807) is 13.8 Å². The summed E-state index contributed by atoms with van der Waals surface area (Å²) in [5.41, 5.74) is 0.861. The van der Waals surface area contributed by atoms with E-state index in [2.05, 4.69) is 20.0 Å². The predicted molar refractivity (Wildman–Crippen MR) is 91.3 cm³/mol. The second-order valence-electron chi connectivity index (χ2n) is 4.99. The largest absolute Gasteiger partial charge is 0.334 e. The number of aromatic nitrogens is 2. The first kappa shape index (κ1) is 17.4. The minimum atomic E-state index is -3.14. The molecule has 0 bridgehead atoms. The lowest BCUT2D eigenvalue weighted by atomic mass is 10.2. The fourth-order valence-corrected chi connectivity index (χ4v) is 3.54. The van der Waals surface area contributed by atoms with Gasteiger partial charge in [0.05, 0.1) is 5.75 Å². The van der Waals surface area contributed by atoms with Crippen molar-refractivity contribution < 1.29 is 13.2 Å². The number of anilines is 1. The smallest absolute Gasteiger partial charge is 0.321 e. The van der Waals surface area contributed by atoms with Crippen LogP contribution in [0.3, 0.4) is 0 Å². The zero-order chi connectivity index (χ0) is 16.9. The van der Waals surface area contributed by atoms with Crippen LogP contribution < -0.4 is 10.6 Å². The maximum atomic E-state index is 11.9. The van der Waals surface area contributed by atoms with Gasteiger partial charge >= 0.3 is 6.03 Å². The van der Waals surface area contributed by atoms with Gasteiger partial charge in [0.2, 0.25) is 5.13 Å². The molecule has 0 aliphatic heterocycles. The highest BCUT2D eigenvalue weighted by molar-refractivity contribution is 7.91. The normalized spacial score (nSPS) is 12.6. The number of nitrogens with one attached hydrogen (secondary N) is 2. The lowest BCUT2D eigenvalue weighted by molar-refractivity contribution is 0.250. The second kappa shape index (κ2) is 7.51. The summed E-state index contributed by atoms with van der Waals surface area (Å²) in [5.74, 6) is 0.493. The van der Waals surface area contributed by atoms with Crippen LogP contribution in [0.25, 0.3) is 11.4 Å². The van der Waals surface area contributed by atoms with Crippen LogP contribution in [0.5, 0.6) is 0 Å². The van der Waals surface area contributed by atoms with E-state index >= 15 is 0 Å². The van der Waals surface area contributed by atoms with Crippen LogP contribution in [0.2, 0.25) is 0 Å². The Morgan fingerprint density at radius 2 is 2.00 bits per heavy atom. The molecule has 23 heavy (non-hydrogen) atoms. The number of carbonyl (C=O) groups excluding carboxylic acids is 1. The summed E-state index contributed by atoms with van der Waals surface area (Å²) in [6.45, 7) is 3.22. The summed E-state index contributed by atoms with van der Waals surface area (Å²) in [7, 11) is -3.14. The first-order valence-corrected chi connectivity index (χ1v) is 9.66. The van der Waals surface area contributed by atoms with Gasteiger partial charge in [0.15, 0.2) is 15.7 Å². The Kier molecular flexibility index (Phi) is 5.67. The molecule has 0 saturated carbocycles. The van der Waals surface area contributed by atoms with Gasteiger partial charge < -0.3 is 5.32 Å². The van der Waals surface area contributed by atoms with Gasteiger partial charge in [-0.25, -0.2) is 13.2 Å². The van der Waals surface area contributed by atoms with E-state index in [1.165, 1.54) is 0 Å². The molecule has 2 N–H and O–H groups in total. The minimum absolute atomic E-state index is 0.0531. The summed E-state index contributed by atoms with van der Waals surface area (Å²) >= 11 is 1.07. The average Bonchev–Trinajstić information content (AvgIpc) is 2.95. The third-order valence-corrected chi connectivity index (χ3v) is 5.52. The molecule has 2 amide bonds. The van der Waals surface area contributed by atoms with Crippen molar-refractivity contribution in [3.05, 3.63) is 30.3 Å². The predicted octanol–water partition coefficient (Wildman–Crippen LogP) is 2.15. The molecule has 1 aromatic heterocycles. The van der Waals surface area contributed by atoms with Gasteiger partial charge in [-0.2, -0.15) is 9.36 Å². The lowest BCUT2D eigenvalue weighted by Gasteiger charge is -2.13. The van der Waals surface area contributed by atoms with E-state index in [-0.39, 0.29) is 11.5 Å². The molecule has 1 heterocycles. The Balaban J connectivity index is 1.92. The van der Waals surface area contributed by atoms with Crippen LogP contribution in [0.15, 0.2) is 30.3 Å². The molecular weight excluding hydrogens is 336 g/mol. The molecule has 0 aliphatic carbocycles. The molecule has 0 unspecified atom stereocenters. The van der Waals surface area contributed by atoms with Crippen LogP contribution >= 0.6 is 11.5 Å². The molecule has 0 saturated heterocycles. The number of nitrogens with zero attached hydrogens (tertiary/aromatic N) is 2. The van der Waals surface area contributed by atoms with Crippen molar-refractivity contribution in [2.45, 2.75) is 19.9 Å². The summed E-state index contributed by atoms with van der Waals surface area (Å²) in [6.07, 6.45) is 0. The Hall–Kier alpha value is -2.00. The van der Waals surface area contributed by atoms with Crippen molar-refractivity contribution in [1.29, 1.82) is 0 Å². The number of amides is 2. The molecule has 0 spiro atoms. The van der Waals surface area contributed by atoms with Gasteiger partial charge in [-0.3, -0.25) is 5.32 Å². The molecular formula is C14H18N4O3S2. The zero-order valence-corrected chi connectivity index (χ0v) is 14.4. The number of rotatable bonds is 6. The monoisotopic (exact) mass is 354 g/mol. The van der Waals surface area contributed by atoms with Crippen LogP contribution in [0.1, 0.15) is 13.8 Å². The van der Waals surface area contributed by atoms with Gasteiger partial charge in [-0.05, 0) is 6.92 Å². The van der Waals surface area contributed by atoms with Gasteiger partial charge in [0.25, 0.3) is 0 Å². The van der Waals surface area contributed by atoms with E-state index in [4.69, 9.17) is 0 Å². The lowest BCUT2D eigenvalue weighted by Crippen LogP contribution is -2.40. The summed E-state index contributed by atoms with van der Waals surface area (Å²) in [4.78, 5) is 16.1. The van der Waals surface area contributed by atoms with Crippen LogP contribution in [-0.4, -0.2) is 41.4 Å². The quantitative estimate of drug-likeness (QED) is 0.828. The Labute approximate surface area is 139 Å². The van der Waals surface area contributed by atoms with Crippen molar-refractivity contribution in [2.75, 3.05) is 16.8 Å². The summed E-state index contributed by atoms with van der Waals surface area (Å²) < 4.78 is 27.2. The molecule has 7 nitrogen and oxygen atoms in total. The molecule has 0 radical (unpaired) electrons. The van der Waals surface area contributed by atoms with Crippen LogP contribution in [-0.2, 0) is 9.84 Å². The highest BCUT2D eigenvalue weighted by Crippen LogP contribution is 2.20. The van der Waals surface area contributed by atoms with E-state index in [0.717, 1.165) is 17.1 Å². The molecule has 0 fully saturated rings. The molecule has 124 valence electrons. The topological polar surface area (TPSA) is 101 Å². The number of urea groups is 1. The van der Waals surface area contributed by atoms with E-state index < -0.39 is 21.9 Å². The van der Waals surface area contributed by atoms with E-state index in [9.17, 15) is 13.2 Å². The first-order valence-electron chi connectivity index (χ1n) is 7.06. The van der Waals surface area contributed by atoms with Crippen molar-refractivity contribution >= 4 is 32.5 Å². The number of sulfone groups is 1. The van der Waals surface area contributed by atoms with Crippen LogP contribution in [0, 0.1) is 0 Å². The Morgan fingerprint density at radius 1 is 1.30 bits per heavy atom. The number of carbonyl (C=O) groups is 1. The minimum Gasteiger partial charge on any atom is -0.334 e. The highest BCUT2D eigenvalue weighted by atomic mass is 32.2. The highest BCUT2D eigenvalue weighted by Gasteiger charge is 2.16. The standard InChI is InChI=1S/C14H18N4O3S2/c1-3-23(20,21)9-10(2)15-13(19)17-14-16-12(18-22-14)11-7-5-4-6-8-11/h4-8,10H,3,9H2,1-2H3,(H2,15,16,17,18,19)/t10-/m1/s1. The fraction of sp³-hybridized carbons (Fsp3) is 0.357. The first-order chi connectivity index (χ1) is 10.9. The van der Waals surface area contributed by atoms with Gasteiger partial charge in [0.1, 0.15) is 0 Å². The van der Waals surface area contributed by atoms with Crippen LogP contribution in [0.4, 0.5) is 9.93 Å². The molecule has 0 aliphatic rings. The van der Waals surface area contributed by atoms with Gasteiger partial charge in [-0.1, -0.05) is 37.3 Å². The molecule has 1 atom stereocenters. The average molecular weight is 354 g/mol. The van der Waals surface area contributed by atoms with Crippen molar-refractivity contribution in [1.82, 2.24) is 14.7 Å². The zero-order valence-electron chi connectivity index (χ0n) is 12.8. The Bertz CT molecular complexity index is 759. The maximum Gasteiger partial charge on any atom is 0.321 e. The summed E-state index contributed by atoms with van der Waals surface area (Å²) in [6, 6.07) is 8.43. The third kappa shape index (κ3) is 5.29. The van der Waals surface area contributed by atoms with Crippen molar-refractivity contribution in [3.8, 4) is 11.4 Å². The number of benzene rings is 1. The molecule has 9 heteroatoms. The van der Waals surface area contributed by atoms with E-state index in [1.807, 2.05) is 30.3 Å². The van der Waals surface area contributed by atoms with Crippen molar-refractivity contribution in [2.24, 2.45) is 0 Å². The molecule has 1 aromatic carbocycles. The summed E-state index contributed by atoms with van der Waals surface area (Å²) in [5, 5.41) is 5.50.